The summed E-state index contributed by atoms with van der Waals surface area (Å²) in [4.78, 5) is 33.9. The predicted molar refractivity (Wildman–Crippen MR) is 104 cm³/mol. The van der Waals surface area contributed by atoms with E-state index in [2.05, 4.69) is 4.90 Å². The summed E-state index contributed by atoms with van der Waals surface area (Å²) in [5, 5.41) is 10.1. The Kier molecular flexibility index (Phi) is 5.70. The molecule has 150 valence electrons. The Labute approximate surface area is 163 Å². The summed E-state index contributed by atoms with van der Waals surface area (Å²) < 4.78 is 6.81. The molecule has 0 spiro atoms. The highest BCUT2D eigenvalue weighted by atomic mass is 16.5. The quantitative estimate of drug-likeness (QED) is 0.773. The van der Waals surface area contributed by atoms with Gasteiger partial charge in [-0.1, -0.05) is 12.1 Å². The van der Waals surface area contributed by atoms with Crippen molar-refractivity contribution in [2.24, 2.45) is 0 Å². The number of aliphatic hydroxyl groups excluding tert-OH is 1. The van der Waals surface area contributed by atoms with Crippen LogP contribution in [0.15, 0.2) is 29.1 Å². The van der Waals surface area contributed by atoms with E-state index in [9.17, 15) is 14.7 Å². The molecule has 1 atom stereocenters. The lowest BCUT2D eigenvalue weighted by molar-refractivity contribution is -0.142. The summed E-state index contributed by atoms with van der Waals surface area (Å²) >= 11 is 0. The van der Waals surface area contributed by atoms with E-state index in [1.54, 1.807) is 10.6 Å². The summed E-state index contributed by atoms with van der Waals surface area (Å²) in [5.41, 5.74) is 0.580. The van der Waals surface area contributed by atoms with Crippen LogP contribution < -0.4 is 5.56 Å². The number of hydrogen-bond acceptors (Lipinski definition) is 6. The van der Waals surface area contributed by atoms with Gasteiger partial charge in [0, 0.05) is 19.6 Å². The molecule has 0 radical (unpaired) electrons. The molecule has 2 saturated heterocycles. The topological polar surface area (TPSA) is 87.9 Å². The minimum atomic E-state index is -0.109. The van der Waals surface area contributed by atoms with Gasteiger partial charge in [-0.3, -0.25) is 19.1 Å². The fraction of sp³-hybridized carbons (Fsp3) is 0.550. The first-order chi connectivity index (χ1) is 13.7. The third-order valence-corrected chi connectivity index (χ3v) is 5.62. The summed E-state index contributed by atoms with van der Waals surface area (Å²) in [5.74, 6) is 0.742. The maximum atomic E-state index is 13.0. The lowest BCUT2D eigenvalue weighted by atomic mass is 10.1. The summed E-state index contributed by atoms with van der Waals surface area (Å²) in [7, 11) is 0. The monoisotopic (exact) mass is 386 g/mol. The average Bonchev–Trinajstić information content (AvgIpc) is 3.18. The molecular weight excluding hydrogens is 360 g/mol. The molecule has 2 fully saturated rings. The number of carbonyl (C=O) groups excluding carboxylic acids is 1. The largest absolute Gasteiger partial charge is 0.395 e. The van der Waals surface area contributed by atoms with Gasteiger partial charge in [-0.25, -0.2) is 4.98 Å². The molecule has 1 aromatic carbocycles. The number of carbonyl (C=O) groups is 1. The van der Waals surface area contributed by atoms with Gasteiger partial charge in [0.25, 0.3) is 5.56 Å². The summed E-state index contributed by atoms with van der Waals surface area (Å²) in [6.07, 6.45) is 1.93. The van der Waals surface area contributed by atoms with Crippen molar-refractivity contribution < 1.29 is 14.6 Å². The Bertz CT molecular complexity index is 913. The minimum Gasteiger partial charge on any atom is -0.395 e. The number of para-hydroxylation sites is 1. The zero-order chi connectivity index (χ0) is 19.5. The normalized spacial score (nSPS) is 21.0. The second-order valence-electron chi connectivity index (χ2n) is 7.29. The fourth-order valence-corrected chi connectivity index (χ4v) is 4.18. The molecule has 8 nitrogen and oxygen atoms in total. The molecule has 1 amide bonds. The van der Waals surface area contributed by atoms with E-state index in [-0.39, 0.29) is 37.3 Å². The molecule has 8 heteroatoms. The minimum absolute atomic E-state index is 0.0139. The van der Waals surface area contributed by atoms with E-state index >= 15 is 0 Å². The number of aliphatic hydroxyl groups is 1. The number of fused-ring (bicyclic) bond motifs is 1. The Morgan fingerprint density at radius 1 is 1.14 bits per heavy atom. The van der Waals surface area contributed by atoms with Crippen LogP contribution in [0.2, 0.25) is 0 Å². The highest BCUT2D eigenvalue weighted by Crippen LogP contribution is 2.30. The Hall–Kier alpha value is -2.29. The van der Waals surface area contributed by atoms with Crippen LogP contribution in [-0.4, -0.2) is 76.4 Å². The molecule has 1 N–H and O–H groups in total. The van der Waals surface area contributed by atoms with Gasteiger partial charge in [0.2, 0.25) is 5.91 Å². The Morgan fingerprint density at radius 2 is 2.00 bits per heavy atom. The first kappa shape index (κ1) is 19.0. The number of amides is 1. The number of hydrogen-bond donors (Lipinski definition) is 1. The van der Waals surface area contributed by atoms with Crippen LogP contribution in [0.5, 0.6) is 0 Å². The van der Waals surface area contributed by atoms with E-state index < -0.39 is 0 Å². The van der Waals surface area contributed by atoms with Gasteiger partial charge in [-0.05, 0) is 31.5 Å². The highest BCUT2D eigenvalue weighted by Gasteiger charge is 2.31. The second kappa shape index (κ2) is 8.38. The maximum absolute atomic E-state index is 13.0. The SMILES string of the molecule is O=C1COCCN1CCN1CCCC1c1nc2ccccc2c(=O)n1CCO. The van der Waals surface area contributed by atoms with Crippen LogP contribution in [0.1, 0.15) is 24.7 Å². The van der Waals surface area contributed by atoms with Crippen molar-refractivity contribution in [2.45, 2.75) is 25.4 Å². The van der Waals surface area contributed by atoms with Crippen molar-refractivity contribution in [3.05, 3.63) is 40.4 Å². The molecule has 0 aliphatic carbocycles. The van der Waals surface area contributed by atoms with E-state index in [1.165, 1.54) is 0 Å². The molecule has 2 aliphatic heterocycles. The van der Waals surface area contributed by atoms with Crippen LogP contribution in [0, 0.1) is 0 Å². The molecule has 28 heavy (non-hydrogen) atoms. The Balaban J connectivity index is 1.61. The number of benzene rings is 1. The Morgan fingerprint density at radius 3 is 2.82 bits per heavy atom. The molecule has 2 aliphatic rings. The molecule has 1 aromatic heterocycles. The number of ether oxygens (including phenoxy) is 1. The van der Waals surface area contributed by atoms with Gasteiger partial charge in [-0.2, -0.15) is 0 Å². The zero-order valence-electron chi connectivity index (χ0n) is 15.9. The lowest BCUT2D eigenvalue weighted by Crippen LogP contribution is -2.45. The second-order valence-corrected chi connectivity index (χ2v) is 7.29. The van der Waals surface area contributed by atoms with Crippen LogP contribution in [-0.2, 0) is 16.1 Å². The fourth-order valence-electron chi connectivity index (χ4n) is 4.18. The van der Waals surface area contributed by atoms with Crippen LogP contribution >= 0.6 is 0 Å². The first-order valence-corrected chi connectivity index (χ1v) is 9.89. The van der Waals surface area contributed by atoms with Gasteiger partial charge < -0.3 is 14.7 Å². The van der Waals surface area contributed by atoms with Gasteiger partial charge in [0.1, 0.15) is 12.4 Å². The van der Waals surface area contributed by atoms with E-state index in [1.807, 2.05) is 23.1 Å². The third-order valence-electron chi connectivity index (χ3n) is 5.62. The number of rotatable bonds is 6. The van der Waals surface area contributed by atoms with Gasteiger partial charge in [0.05, 0.1) is 36.7 Å². The van der Waals surface area contributed by atoms with Crippen LogP contribution in [0.4, 0.5) is 0 Å². The number of nitrogens with zero attached hydrogens (tertiary/aromatic N) is 4. The standard InChI is InChI=1S/C20H26N4O4/c25-12-10-24-19(21-16-5-2-1-4-15(16)20(24)27)17-6-3-7-22(17)8-9-23-11-13-28-14-18(23)26/h1-2,4-5,17,25H,3,6-14H2. The van der Waals surface area contributed by atoms with Crippen molar-refractivity contribution in [3.8, 4) is 0 Å². The van der Waals surface area contributed by atoms with Crippen molar-refractivity contribution in [1.82, 2.24) is 19.4 Å². The maximum Gasteiger partial charge on any atom is 0.261 e. The summed E-state index contributed by atoms with van der Waals surface area (Å²) in [6, 6.07) is 7.36. The van der Waals surface area contributed by atoms with Crippen molar-refractivity contribution >= 4 is 16.8 Å². The molecule has 0 bridgehead atoms. The molecule has 2 aromatic rings. The first-order valence-electron chi connectivity index (χ1n) is 9.89. The smallest absolute Gasteiger partial charge is 0.261 e. The predicted octanol–water partition coefficient (Wildman–Crippen LogP) is 0.385. The molecular formula is C20H26N4O4. The highest BCUT2D eigenvalue weighted by molar-refractivity contribution is 5.78. The molecule has 4 rings (SSSR count). The molecule has 3 heterocycles. The van der Waals surface area contributed by atoms with Crippen LogP contribution in [0.3, 0.4) is 0 Å². The van der Waals surface area contributed by atoms with Crippen molar-refractivity contribution in [1.29, 1.82) is 0 Å². The molecule has 1 unspecified atom stereocenters. The van der Waals surface area contributed by atoms with Crippen molar-refractivity contribution in [3.63, 3.8) is 0 Å². The van der Waals surface area contributed by atoms with Crippen LogP contribution in [0.25, 0.3) is 10.9 Å². The van der Waals surface area contributed by atoms with E-state index in [0.29, 0.717) is 36.4 Å². The van der Waals surface area contributed by atoms with Gasteiger partial charge in [0.15, 0.2) is 0 Å². The van der Waals surface area contributed by atoms with E-state index in [4.69, 9.17) is 9.72 Å². The van der Waals surface area contributed by atoms with Crippen molar-refractivity contribution in [2.75, 3.05) is 46.0 Å². The average molecular weight is 386 g/mol. The van der Waals surface area contributed by atoms with E-state index in [0.717, 1.165) is 25.9 Å². The molecule has 0 saturated carbocycles. The third kappa shape index (κ3) is 3.67. The number of morpholine rings is 1. The number of likely N-dealkylation sites (tertiary alicyclic amines) is 1. The summed E-state index contributed by atoms with van der Waals surface area (Å²) in [6.45, 7) is 3.78. The van der Waals surface area contributed by atoms with Gasteiger partial charge in [-0.15, -0.1) is 0 Å². The zero-order valence-corrected chi connectivity index (χ0v) is 15.9. The van der Waals surface area contributed by atoms with Gasteiger partial charge >= 0.3 is 0 Å². The lowest BCUT2D eigenvalue weighted by Gasteiger charge is -2.31. The number of aromatic nitrogens is 2.